The molecular formula is C11H8FNO2. The summed E-state index contributed by atoms with van der Waals surface area (Å²) in [7, 11) is 0. The van der Waals surface area contributed by atoms with Crippen LogP contribution in [-0.2, 0) is 10.2 Å². The topological polar surface area (TPSA) is 61.1 Å². The number of ketones is 1. The van der Waals surface area contributed by atoms with Crippen LogP contribution in [0, 0.1) is 17.1 Å². The van der Waals surface area contributed by atoms with Crippen LogP contribution in [0.3, 0.4) is 0 Å². The first-order valence-electron chi connectivity index (χ1n) is 4.50. The number of Topliss-reactive ketones (excluding diaryl/α,β-unsaturated/α-hetero) is 1. The van der Waals surface area contributed by atoms with Gasteiger partial charge in [-0.2, -0.15) is 5.26 Å². The van der Waals surface area contributed by atoms with Crippen molar-refractivity contribution in [3.8, 4) is 11.8 Å². The molecule has 15 heavy (non-hydrogen) atoms. The van der Waals surface area contributed by atoms with Gasteiger partial charge < -0.3 is 5.11 Å². The molecule has 0 spiro atoms. The van der Waals surface area contributed by atoms with E-state index in [0.717, 1.165) is 6.07 Å². The Bertz CT molecular complexity index is 468. The second kappa shape index (κ2) is 3.06. The van der Waals surface area contributed by atoms with Gasteiger partial charge >= 0.3 is 0 Å². The molecule has 0 unspecified atom stereocenters. The molecule has 1 aliphatic rings. The number of aromatic hydroxyl groups is 1. The summed E-state index contributed by atoms with van der Waals surface area (Å²) in [6.07, 6.45) is 0.112. The van der Waals surface area contributed by atoms with Crippen LogP contribution in [-0.4, -0.2) is 10.9 Å². The Balaban J connectivity index is 2.50. The molecule has 0 heterocycles. The molecule has 1 fully saturated rings. The molecule has 2 rings (SSSR count). The number of nitrogens with zero attached hydrogens (tertiary/aromatic N) is 1. The summed E-state index contributed by atoms with van der Waals surface area (Å²) in [6.45, 7) is 0. The Labute approximate surface area is 85.8 Å². The van der Waals surface area contributed by atoms with Gasteiger partial charge in [0.2, 0.25) is 0 Å². The molecule has 1 aromatic rings. The van der Waals surface area contributed by atoms with E-state index in [9.17, 15) is 14.3 Å². The minimum Gasteiger partial charge on any atom is -0.505 e. The Morgan fingerprint density at radius 3 is 2.67 bits per heavy atom. The highest BCUT2D eigenvalue weighted by Crippen LogP contribution is 2.44. The number of hydrogen-bond donors (Lipinski definition) is 1. The summed E-state index contributed by atoms with van der Waals surface area (Å²) in [5, 5.41) is 18.5. The van der Waals surface area contributed by atoms with Gasteiger partial charge in [0.25, 0.3) is 0 Å². The minimum absolute atomic E-state index is 0.0415. The van der Waals surface area contributed by atoms with Crippen LogP contribution in [0.5, 0.6) is 5.75 Å². The maximum Gasteiger partial charge on any atom is 0.165 e. The van der Waals surface area contributed by atoms with Crippen molar-refractivity contribution in [3.63, 3.8) is 0 Å². The molecular weight excluding hydrogens is 197 g/mol. The van der Waals surface area contributed by atoms with Gasteiger partial charge in [0.15, 0.2) is 11.6 Å². The number of para-hydroxylation sites is 1. The number of phenols is 1. The number of carbonyl (C=O) groups excluding carboxylic acids is 1. The molecule has 0 atom stereocenters. The number of rotatable bonds is 1. The first-order chi connectivity index (χ1) is 7.09. The normalized spacial score (nSPS) is 18.0. The molecule has 0 aliphatic heterocycles. The maximum absolute atomic E-state index is 13.1. The fourth-order valence-corrected chi connectivity index (χ4v) is 1.85. The molecule has 0 radical (unpaired) electrons. The van der Waals surface area contributed by atoms with E-state index in [2.05, 4.69) is 0 Å². The average molecular weight is 205 g/mol. The van der Waals surface area contributed by atoms with Crippen LogP contribution in [0.4, 0.5) is 4.39 Å². The van der Waals surface area contributed by atoms with Crippen molar-refractivity contribution >= 4 is 5.78 Å². The van der Waals surface area contributed by atoms with Gasteiger partial charge in [-0.3, -0.25) is 4.79 Å². The number of hydrogen-bond acceptors (Lipinski definition) is 3. The second-order valence-corrected chi connectivity index (χ2v) is 3.72. The molecule has 1 aliphatic carbocycles. The third-order valence-corrected chi connectivity index (χ3v) is 2.71. The third kappa shape index (κ3) is 1.28. The zero-order valence-corrected chi connectivity index (χ0v) is 7.83. The van der Waals surface area contributed by atoms with E-state index in [1.54, 1.807) is 0 Å². The fraction of sp³-hybridized carbons (Fsp3) is 0.273. The van der Waals surface area contributed by atoms with Crippen LogP contribution in [0.2, 0.25) is 0 Å². The van der Waals surface area contributed by atoms with Crippen LogP contribution in [0.1, 0.15) is 18.4 Å². The summed E-state index contributed by atoms with van der Waals surface area (Å²) in [5.41, 5.74) is -0.812. The first kappa shape index (κ1) is 9.66. The molecule has 0 aromatic heterocycles. The largest absolute Gasteiger partial charge is 0.505 e. The first-order valence-corrected chi connectivity index (χ1v) is 4.50. The van der Waals surface area contributed by atoms with Crippen molar-refractivity contribution in [2.24, 2.45) is 0 Å². The number of phenolic OH excluding ortho intramolecular Hbond substituents is 1. The van der Waals surface area contributed by atoms with Gasteiger partial charge in [0.05, 0.1) is 11.5 Å². The summed E-state index contributed by atoms with van der Waals surface area (Å²) in [5.74, 6) is -1.33. The fourth-order valence-electron chi connectivity index (χ4n) is 1.85. The predicted octanol–water partition coefficient (Wildman–Crippen LogP) is 1.66. The third-order valence-electron chi connectivity index (χ3n) is 2.71. The molecule has 4 heteroatoms. The minimum atomic E-state index is -1.02. The van der Waals surface area contributed by atoms with Crippen molar-refractivity contribution < 1.29 is 14.3 Å². The highest BCUT2D eigenvalue weighted by molar-refractivity contribution is 5.90. The van der Waals surface area contributed by atoms with Gasteiger partial charge in [-0.1, -0.05) is 12.1 Å². The zero-order valence-electron chi connectivity index (χ0n) is 7.83. The van der Waals surface area contributed by atoms with Gasteiger partial charge in [0, 0.05) is 18.4 Å². The molecule has 1 aromatic carbocycles. The highest BCUT2D eigenvalue weighted by atomic mass is 19.1. The predicted molar refractivity (Wildman–Crippen MR) is 49.6 cm³/mol. The summed E-state index contributed by atoms with van der Waals surface area (Å²) in [4.78, 5) is 10.9. The Morgan fingerprint density at radius 2 is 2.13 bits per heavy atom. The monoisotopic (exact) mass is 205 g/mol. The lowest BCUT2D eigenvalue weighted by Crippen LogP contribution is -2.40. The lowest BCUT2D eigenvalue weighted by Gasteiger charge is -2.34. The van der Waals surface area contributed by atoms with Crippen LogP contribution in [0.15, 0.2) is 18.2 Å². The van der Waals surface area contributed by atoms with Crippen LogP contribution < -0.4 is 0 Å². The lowest BCUT2D eigenvalue weighted by molar-refractivity contribution is -0.126. The molecule has 76 valence electrons. The molecule has 1 saturated carbocycles. The molecule has 1 N–H and O–H groups in total. The van der Waals surface area contributed by atoms with E-state index >= 15 is 0 Å². The number of nitriles is 1. The number of carbonyl (C=O) groups is 1. The summed E-state index contributed by atoms with van der Waals surface area (Å²) < 4.78 is 13.1. The van der Waals surface area contributed by atoms with E-state index in [1.807, 2.05) is 6.07 Å². The van der Waals surface area contributed by atoms with Gasteiger partial charge in [-0.25, -0.2) is 4.39 Å². The van der Waals surface area contributed by atoms with E-state index in [0.29, 0.717) is 0 Å². The number of halogens is 1. The number of benzene rings is 1. The quantitative estimate of drug-likeness (QED) is 0.758. The Hall–Kier alpha value is -1.89. The molecule has 0 saturated heterocycles. The van der Waals surface area contributed by atoms with Gasteiger partial charge in [-0.15, -0.1) is 0 Å². The molecule has 0 bridgehead atoms. The average Bonchev–Trinajstić information content (AvgIpc) is 2.17. The standard InChI is InChI=1S/C11H8FNO2/c12-9-3-1-2-8(10(9)15)11(6-13)4-7(14)5-11/h1-3,15H,4-5H2. The van der Waals surface area contributed by atoms with Gasteiger partial charge in [0.1, 0.15) is 5.78 Å². The summed E-state index contributed by atoms with van der Waals surface area (Å²) >= 11 is 0. The van der Waals surface area contributed by atoms with Crippen molar-refractivity contribution in [3.05, 3.63) is 29.6 Å². The van der Waals surface area contributed by atoms with Crippen LogP contribution >= 0.6 is 0 Å². The zero-order chi connectivity index (χ0) is 11.1. The maximum atomic E-state index is 13.1. The van der Waals surface area contributed by atoms with Gasteiger partial charge in [-0.05, 0) is 6.07 Å². The molecule has 0 amide bonds. The van der Waals surface area contributed by atoms with Crippen molar-refractivity contribution in [1.82, 2.24) is 0 Å². The van der Waals surface area contributed by atoms with E-state index in [-0.39, 0.29) is 24.2 Å². The van der Waals surface area contributed by atoms with Crippen molar-refractivity contribution in [1.29, 1.82) is 5.26 Å². The lowest BCUT2D eigenvalue weighted by atomic mass is 9.64. The molecule has 3 nitrogen and oxygen atoms in total. The smallest absolute Gasteiger partial charge is 0.165 e. The summed E-state index contributed by atoms with van der Waals surface area (Å²) in [6, 6.07) is 6.00. The Kier molecular flexibility index (Phi) is 1.97. The van der Waals surface area contributed by atoms with E-state index < -0.39 is 17.0 Å². The van der Waals surface area contributed by atoms with Crippen molar-refractivity contribution in [2.45, 2.75) is 18.3 Å². The highest BCUT2D eigenvalue weighted by Gasteiger charge is 2.47. The van der Waals surface area contributed by atoms with Crippen molar-refractivity contribution in [2.75, 3.05) is 0 Å². The van der Waals surface area contributed by atoms with E-state index in [1.165, 1.54) is 12.1 Å². The van der Waals surface area contributed by atoms with E-state index in [4.69, 9.17) is 5.26 Å². The SMILES string of the molecule is N#CC1(c2cccc(F)c2O)CC(=O)C1. The van der Waals surface area contributed by atoms with Crippen LogP contribution in [0.25, 0.3) is 0 Å². The second-order valence-electron chi connectivity index (χ2n) is 3.72. The Morgan fingerprint density at radius 1 is 1.47 bits per heavy atom.